The summed E-state index contributed by atoms with van der Waals surface area (Å²) in [5.74, 6) is -3.25. The van der Waals surface area contributed by atoms with Crippen LogP contribution in [0, 0.1) is 0 Å². The highest BCUT2D eigenvalue weighted by Crippen LogP contribution is 2.13. The number of para-hydroxylation sites is 2. The maximum Gasteiger partial charge on any atom is 0.304 e. The lowest BCUT2D eigenvalue weighted by Crippen LogP contribution is -2.42. The number of allylic oxidation sites excluding steroid dienone is 1. The van der Waals surface area contributed by atoms with E-state index in [1.165, 1.54) is 12.1 Å². The highest BCUT2D eigenvalue weighted by molar-refractivity contribution is 6.08. The van der Waals surface area contributed by atoms with E-state index < -0.39 is 23.4 Å². The van der Waals surface area contributed by atoms with Crippen LogP contribution in [0.5, 0.6) is 0 Å². The smallest absolute Gasteiger partial charge is 0.304 e. The van der Waals surface area contributed by atoms with Gasteiger partial charge in [-0.25, -0.2) is 9.97 Å². The molecule has 4 aromatic rings. The van der Waals surface area contributed by atoms with Gasteiger partial charge in [-0.05, 0) is 24.3 Å². The van der Waals surface area contributed by atoms with Gasteiger partial charge in [0, 0.05) is 16.8 Å². The number of nitrogens with zero attached hydrogens (tertiary/aromatic N) is 2. The summed E-state index contributed by atoms with van der Waals surface area (Å²) >= 11 is 0. The first-order valence-electron chi connectivity index (χ1n) is 9.28. The minimum absolute atomic E-state index is 0.0717. The van der Waals surface area contributed by atoms with Crippen molar-refractivity contribution < 1.29 is 19.5 Å². The molecular formula is C23H16N4O4. The molecule has 0 fully saturated rings. The molecule has 0 bridgehead atoms. The van der Waals surface area contributed by atoms with Crippen molar-refractivity contribution in [1.29, 1.82) is 0 Å². The molecule has 2 aromatic carbocycles. The third-order valence-electron chi connectivity index (χ3n) is 4.47. The van der Waals surface area contributed by atoms with Crippen molar-refractivity contribution in [3.8, 4) is 0 Å². The van der Waals surface area contributed by atoms with Crippen molar-refractivity contribution >= 4 is 39.4 Å². The van der Waals surface area contributed by atoms with Crippen LogP contribution < -0.4 is 10.9 Å². The molecule has 0 aliphatic carbocycles. The zero-order valence-corrected chi connectivity index (χ0v) is 16.1. The van der Waals surface area contributed by atoms with Crippen LogP contribution in [-0.4, -0.2) is 32.7 Å². The first kappa shape index (κ1) is 19.7. The molecule has 2 heterocycles. The van der Waals surface area contributed by atoms with E-state index in [1.54, 1.807) is 36.4 Å². The van der Waals surface area contributed by atoms with E-state index in [0.29, 0.717) is 11.0 Å². The fourth-order valence-corrected chi connectivity index (χ4v) is 2.90. The second-order valence-electron chi connectivity index (χ2n) is 6.58. The lowest BCUT2D eigenvalue weighted by Gasteiger charge is -2.07. The van der Waals surface area contributed by atoms with Crippen LogP contribution in [-0.2, 0) is 4.79 Å². The maximum absolute atomic E-state index is 12.3. The molecule has 4 rings (SSSR count). The lowest BCUT2D eigenvalue weighted by atomic mass is 10.1. The lowest BCUT2D eigenvalue weighted by molar-refractivity contribution is -0.120. The van der Waals surface area contributed by atoms with E-state index in [2.05, 4.69) is 15.4 Å². The Hall–Kier alpha value is -4.59. The number of aliphatic hydroxyl groups excluding tert-OH is 1. The molecule has 2 amide bonds. The van der Waals surface area contributed by atoms with Crippen LogP contribution in [0.1, 0.15) is 21.0 Å². The number of hydrogen-bond donors (Lipinski definition) is 3. The fraction of sp³-hybridized carbons (Fsp3) is 0. The molecule has 0 saturated heterocycles. The van der Waals surface area contributed by atoms with Crippen LogP contribution in [0.4, 0.5) is 0 Å². The van der Waals surface area contributed by atoms with Gasteiger partial charge in [0.2, 0.25) is 5.78 Å². The molecule has 8 heteroatoms. The second-order valence-corrected chi connectivity index (χ2v) is 6.58. The van der Waals surface area contributed by atoms with E-state index in [0.717, 1.165) is 16.8 Å². The van der Waals surface area contributed by atoms with E-state index >= 15 is 0 Å². The van der Waals surface area contributed by atoms with E-state index in [9.17, 15) is 19.5 Å². The largest absolute Gasteiger partial charge is 0.503 e. The zero-order valence-electron chi connectivity index (χ0n) is 16.1. The molecule has 2 aromatic heterocycles. The minimum Gasteiger partial charge on any atom is -0.503 e. The van der Waals surface area contributed by atoms with Crippen LogP contribution in [0.3, 0.4) is 0 Å². The molecule has 0 radical (unpaired) electrons. The summed E-state index contributed by atoms with van der Waals surface area (Å²) in [4.78, 5) is 45.0. The van der Waals surface area contributed by atoms with Gasteiger partial charge in [-0.3, -0.25) is 25.2 Å². The summed E-state index contributed by atoms with van der Waals surface area (Å²) in [5.41, 5.74) is 5.59. The van der Waals surface area contributed by atoms with Gasteiger partial charge < -0.3 is 5.11 Å². The van der Waals surface area contributed by atoms with Crippen molar-refractivity contribution in [2.75, 3.05) is 0 Å². The third-order valence-corrected chi connectivity index (χ3v) is 4.47. The summed E-state index contributed by atoms with van der Waals surface area (Å²) < 4.78 is 0. The number of benzene rings is 2. The van der Waals surface area contributed by atoms with Gasteiger partial charge in [0.15, 0.2) is 5.76 Å². The molecule has 31 heavy (non-hydrogen) atoms. The molecule has 0 aliphatic rings. The number of carbonyl (C=O) groups is 3. The molecule has 0 saturated carbocycles. The number of hydrogen-bond acceptors (Lipinski definition) is 6. The molecule has 8 nitrogen and oxygen atoms in total. The van der Waals surface area contributed by atoms with Gasteiger partial charge in [0.1, 0.15) is 11.4 Å². The topological polar surface area (TPSA) is 121 Å². The quantitative estimate of drug-likeness (QED) is 0.205. The predicted octanol–water partition coefficient (Wildman–Crippen LogP) is 2.87. The Morgan fingerprint density at radius 3 is 1.90 bits per heavy atom. The first-order valence-corrected chi connectivity index (χ1v) is 9.28. The Bertz CT molecular complexity index is 1360. The minimum atomic E-state index is -1.05. The van der Waals surface area contributed by atoms with Crippen molar-refractivity contribution in [1.82, 2.24) is 20.8 Å². The number of amides is 2. The monoisotopic (exact) mass is 412 g/mol. The van der Waals surface area contributed by atoms with Crippen molar-refractivity contribution in [2.24, 2.45) is 0 Å². The van der Waals surface area contributed by atoms with Crippen molar-refractivity contribution in [2.45, 2.75) is 0 Å². The van der Waals surface area contributed by atoms with Crippen LogP contribution in [0.25, 0.3) is 21.8 Å². The Morgan fingerprint density at radius 1 is 0.710 bits per heavy atom. The number of hydrazine groups is 1. The number of aromatic nitrogens is 2. The number of ketones is 1. The SMILES string of the molecule is O=C(NNC(=O)c1ccc2ccccc2n1)/C(O)=C/C(=O)c1ccc2ccccc2n1. The van der Waals surface area contributed by atoms with Crippen LogP contribution in [0.2, 0.25) is 0 Å². The molecule has 0 unspecified atom stereocenters. The molecule has 3 N–H and O–H groups in total. The Kier molecular flexibility index (Phi) is 5.35. The molecule has 0 atom stereocenters. The third kappa shape index (κ3) is 4.38. The average Bonchev–Trinajstić information content (AvgIpc) is 2.81. The number of pyridine rings is 2. The molecule has 0 aliphatic heterocycles. The van der Waals surface area contributed by atoms with Gasteiger partial charge in [-0.2, -0.15) is 0 Å². The van der Waals surface area contributed by atoms with E-state index in [1.807, 2.05) is 29.7 Å². The Balaban J connectivity index is 1.41. The molecule has 0 spiro atoms. The van der Waals surface area contributed by atoms with Crippen LogP contribution >= 0.6 is 0 Å². The number of aliphatic hydroxyl groups is 1. The zero-order chi connectivity index (χ0) is 21.8. The summed E-state index contributed by atoms with van der Waals surface area (Å²) in [6.45, 7) is 0. The average molecular weight is 412 g/mol. The number of nitrogens with one attached hydrogen (secondary N) is 2. The van der Waals surface area contributed by atoms with Crippen molar-refractivity contribution in [3.05, 3.63) is 96.0 Å². The number of carbonyl (C=O) groups excluding carboxylic acids is 3. The maximum atomic E-state index is 12.3. The Labute approximate surface area is 176 Å². The fourth-order valence-electron chi connectivity index (χ4n) is 2.90. The normalized spacial score (nSPS) is 11.3. The predicted molar refractivity (Wildman–Crippen MR) is 114 cm³/mol. The summed E-state index contributed by atoms with van der Waals surface area (Å²) in [7, 11) is 0. The standard InChI is InChI=1S/C23H16N4O4/c28-20(18-11-9-14-5-1-3-7-16(14)24-18)13-21(29)23(31)27-26-22(30)19-12-10-15-6-2-4-8-17(15)25-19/h1-13,29H,(H,26,30)(H,27,31)/b21-13-. The van der Waals surface area contributed by atoms with Crippen molar-refractivity contribution in [3.63, 3.8) is 0 Å². The molecule has 152 valence electrons. The van der Waals surface area contributed by atoms with Gasteiger partial charge in [0.05, 0.1) is 11.0 Å². The number of fused-ring (bicyclic) bond motifs is 2. The first-order chi connectivity index (χ1) is 15.0. The summed E-state index contributed by atoms with van der Waals surface area (Å²) in [5, 5.41) is 11.6. The molecular weight excluding hydrogens is 396 g/mol. The van der Waals surface area contributed by atoms with Gasteiger partial charge in [-0.1, -0.05) is 48.5 Å². The van der Waals surface area contributed by atoms with E-state index in [-0.39, 0.29) is 11.4 Å². The highest BCUT2D eigenvalue weighted by Gasteiger charge is 2.15. The van der Waals surface area contributed by atoms with Gasteiger partial charge >= 0.3 is 5.91 Å². The van der Waals surface area contributed by atoms with Crippen LogP contribution in [0.15, 0.2) is 84.6 Å². The summed E-state index contributed by atoms with van der Waals surface area (Å²) in [6, 6.07) is 21.0. The highest BCUT2D eigenvalue weighted by atomic mass is 16.3. The number of rotatable bonds is 4. The van der Waals surface area contributed by atoms with Gasteiger partial charge in [0.25, 0.3) is 5.91 Å². The second kappa shape index (κ2) is 8.42. The Morgan fingerprint density at radius 2 is 1.26 bits per heavy atom. The van der Waals surface area contributed by atoms with Gasteiger partial charge in [-0.15, -0.1) is 0 Å². The summed E-state index contributed by atoms with van der Waals surface area (Å²) in [6.07, 6.45) is 0.743. The van der Waals surface area contributed by atoms with E-state index in [4.69, 9.17) is 0 Å².